The first-order valence-electron chi connectivity index (χ1n) is 9.40. The Morgan fingerprint density at radius 3 is 2.31 bits per heavy atom. The van der Waals surface area contributed by atoms with Crippen molar-refractivity contribution < 1.29 is 24.6 Å². The number of hydrogen-bond acceptors (Lipinski definition) is 4. The number of fused-ring (bicyclic) bond motifs is 1. The third-order valence-corrected chi connectivity index (χ3v) is 4.45. The summed E-state index contributed by atoms with van der Waals surface area (Å²) < 4.78 is 0. The number of nitrogens with zero attached hydrogens (tertiary/aromatic N) is 1. The number of carbonyl (C=O) groups is 3. The van der Waals surface area contributed by atoms with Crippen molar-refractivity contribution in [3.8, 4) is 0 Å². The molecule has 0 aliphatic rings. The van der Waals surface area contributed by atoms with Gasteiger partial charge in [0.1, 0.15) is 6.04 Å². The van der Waals surface area contributed by atoms with E-state index in [4.69, 9.17) is 10.8 Å². The first-order chi connectivity index (χ1) is 13.7. The van der Waals surface area contributed by atoms with Gasteiger partial charge < -0.3 is 26.2 Å². The van der Waals surface area contributed by atoms with Crippen molar-refractivity contribution in [2.45, 2.75) is 32.4 Å². The number of benzene rings is 2. The standard InChI is InChI=1S/C21H27N3O5/c1-13(2)11-24(12-18(25)20(27)28)21(29)23-17(19(22)26)10-14-7-8-15-5-3-4-6-16(15)9-14/h3-9,13,17-18,25H,10-12H2,1-2H3,(H2,22,26)(H,23,29)(H,27,28)/t17-,18?/m0/s1. The van der Waals surface area contributed by atoms with Gasteiger partial charge in [0.25, 0.3) is 0 Å². The van der Waals surface area contributed by atoms with E-state index >= 15 is 0 Å². The van der Waals surface area contributed by atoms with Gasteiger partial charge >= 0.3 is 12.0 Å². The molecule has 0 aliphatic carbocycles. The predicted molar refractivity (Wildman–Crippen MR) is 109 cm³/mol. The predicted octanol–water partition coefficient (Wildman–Crippen LogP) is 1.35. The molecule has 1 unspecified atom stereocenters. The van der Waals surface area contributed by atoms with Gasteiger partial charge in [-0.2, -0.15) is 0 Å². The van der Waals surface area contributed by atoms with Crippen LogP contribution < -0.4 is 11.1 Å². The van der Waals surface area contributed by atoms with Crippen LogP contribution in [0.25, 0.3) is 10.8 Å². The second kappa shape index (κ2) is 9.88. The van der Waals surface area contributed by atoms with Gasteiger partial charge in [-0.3, -0.25) is 4.79 Å². The molecule has 0 aromatic heterocycles. The number of aliphatic hydroxyl groups is 1. The summed E-state index contributed by atoms with van der Waals surface area (Å²) in [6.07, 6.45) is -1.52. The van der Waals surface area contributed by atoms with Crippen LogP contribution in [-0.2, 0) is 16.0 Å². The van der Waals surface area contributed by atoms with Crippen LogP contribution in [0, 0.1) is 5.92 Å². The number of hydrogen-bond donors (Lipinski definition) is 4. The van der Waals surface area contributed by atoms with Gasteiger partial charge in [-0.25, -0.2) is 9.59 Å². The molecule has 0 radical (unpaired) electrons. The Bertz CT molecular complexity index is 884. The molecule has 2 aromatic carbocycles. The molecule has 2 rings (SSSR count). The molecular weight excluding hydrogens is 374 g/mol. The van der Waals surface area contributed by atoms with E-state index in [1.807, 2.05) is 56.3 Å². The molecule has 5 N–H and O–H groups in total. The lowest BCUT2D eigenvalue weighted by molar-refractivity contribution is -0.147. The van der Waals surface area contributed by atoms with Crippen molar-refractivity contribution in [3.05, 3.63) is 48.0 Å². The monoisotopic (exact) mass is 401 g/mol. The van der Waals surface area contributed by atoms with E-state index in [1.54, 1.807) is 0 Å². The Morgan fingerprint density at radius 1 is 1.07 bits per heavy atom. The van der Waals surface area contributed by atoms with Crippen LogP contribution in [0.5, 0.6) is 0 Å². The number of carboxylic acids is 1. The number of amides is 3. The summed E-state index contributed by atoms with van der Waals surface area (Å²) >= 11 is 0. The summed E-state index contributed by atoms with van der Waals surface area (Å²) in [6.45, 7) is 3.54. The first-order valence-corrected chi connectivity index (χ1v) is 9.40. The Balaban J connectivity index is 2.14. The van der Waals surface area contributed by atoms with Gasteiger partial charge in [-0.05, 0) is 22.3 Å². The highest BCUT2D eigenvalue weighted by Crippen LogP contribution is 2.17. The molecule has 2 atom stereocenters. The van der Waals surface area contributed by atoms with Crippen molar-refractivity contribution in [1.82, 2.24) is 10.2 Å². The van der Waals surface area contributed by atoms with Crippen molar-refractivity contribution in [2.24, 2.45) is 11.7 Å². The van der Waals surface area contributed by atoms with Crippen molar-refractivity contribution in [2.75, 3.05) is 13.1 Å². The molecule has 0 spiro atoms. The molecule has 2 aromatic rings. The zero-order valence-electron chi connectivity index (χ0n) is 16.5. The Kier molecular flexibility index (Phi) is 7.55. The molecule has 8 heteroatoms. The van der Waals surface area contributed by atoms with Crippen LogP contribution in [0.1, 0.15) is 19.4 Å². The van der Waals surface area contributed by atoms with Gasteiger partial charge in [0, 0.05) is 13.0 Å². The number of carboxylic acid groups (broad SMARTS) is 1. The molecule has 0 saturated carbocycles. The lowest BCUT2D eigenvalue weighted by atomic mass is 10.0. The van der Waals surface area contributed by atoms with Crippen molar-refractivity contribution in [1.29, 1.82) is 0 Å². The molecular formula is C21H27N3O5. The molecule has 156 valence electrons. The fraction of sp³-hybridized carbons (Fsp3) is 0.381. The third kappa shape index (κ3) is 6.46. The zero-order valence-corrected chi connectivity index (χ0v) is 16.5. The topological polar surface area (TPSA) is 133 Å². The maximum atomic E-state index is 12.7. The SMILES string of the molecule is CC(C)CN(CC(O)C(=O)O)C(=O)N[C@@H](Cc1ccc2ccccc2c1)C(N)=O. The van der Waals surface area contributed by atoms with E-state index in [2.05, 4.69) is 5.32 Å². The van der Waals surface area contributed by atoms with E-state index in [0.29, 0.717) is 0 Å². The highest BCUT2D eigenvalue weighted by Gasteiger charge is 2.26. The summed E-state index contributed by atoms with van der Waals surface area (Å²) in [5.74, 6) is -2.08. The fourth-order valence-electron chi connectivity index (χ4n) is 3.03. The average molecular weight is 401 g/mol. The fourth-order valence-corrected chi connectivity index (χ4v) is 3.03. The van der Waals surface area contributed by atoms with Crippen LogP contribution >= 0.6 is 0 Å². The highest BCUT2D eigenvalue weighted by atomic mass is 16.4. The second-order valence-corrected chi connectivity index (χ2v) is 7.44. The van der Waals surface area contributed by atoms with E-state index < -0.39 is 30.1 Å². The molecule has 0 bridgehead atoms. The minimum atomic E-state index is -1.72. The minimum Gasteiger partial charge on any atom is -0.479 e. The highest BCUT2D eigenvalue weighted by molar-refractivity contribution is 5.87. The average Bonchev–Trinajstić information content (AvgIpc) is 2.66. The maximum absolute atomic E-state index is 12.7. The van der Waals surface area contributed by atoms with E-state index in [9.17, 15) is 19.5 Å². The molecule has 29 heavy (non-hydrogen) atoms. The Morgan fingerprint density at radius 2 is 1.72 bits per heavy atom. The molecule has 0 saturated heterocycles. The first kappa shape index (κ1) is 22.2. The number of carbonyl (C=O) groups excluding carboxylic acids is 2. The number of urea groups is 1. The van der Waals surface area contributed by atoms with Crippen LogP contribution in [0.3, 0.4) is 0 Å². The van der Waals surface area contributed by atoms with Gasteiger partial charge in [0.05, 0.1) is 6.54 Å². The number of aliphatic carboxylic acids is 1. The number of rotatable bonds is 9. The summed E-state index contributed by atoms with van der Waals surface area (Å²) in [4.78, 5) is 36.7. The van der Waals surface area contributed by atoms with Crippen LogP contribution in [0.15, 0.2) is 42.5 Å². The Hall–Kier alpha value is -3.13. The zero-order chi connectivity index (χ0) is 21.6. The van der Waals surface area contributed by atoms with E-state index in [-0.39, 0.29) is 25.4 Å². The Labute approximate surface area is 169 Å². The summed E-state index contributed by atoms with van der Waals surface area (Å²) in [7, 11) is 0. The van der Waals surface area contributed by atoms with E-state index in [1.165, 1.54) is 4.90 Å². The lowest BCUT2D eigenvalue weighted by Crippen LogP contribution is -2.53. The second-order valence-electron chi connectivity index (χ2n) is 7.44. The summed E-state index contributed by atoms with van der Waals surface area (Å²) in [5.41, 5.74) is 6.31. The molecule has 8 nitrogen and oxygen atoms in total. The van der Waals surface area contributed by atoms with Crippen molar-refractivity contribution >= 4 is 28.7 Å². The number of aliphatic hydroxyl groups excluding tert-OH is 1. The normalized spacial score (nSPS) is 13.1. The molecule has 0 heterocycles. The smallest absolute Gasteiger partial charge is 0.334 e. The van der Waals surface area contributed by atoms with Gasteiger partial charge in [0.15, 0.2) is 6.10 Å². The molecule has 3 amide bonds. The quantitative estimate of drug-likeness (QED) is 0.503. The number of nitrogens with one attached hydrogen (secondary N) is 1. The molecule has 0 aliphatic heterocycles. The summed E-state index contributed by atoms with van der Waals surface area (Å²) in [5, 5.41) is 23.2. The molecule has 0 fully saturated rings. The van der Waals surface area contributed by atoms with Crippen molar-refractivity contribution in [3.63, 3.8) is 0 Å². The van der Waals surface area contributed by atoms with Gasteiger partial charge in [-0.15, -0.1) is 0 Å². The third-order valence-electron chi connectivity index (χ3n) is 4.45. The number of nitrogens with two attached hydrogens (primary N) is 1. The van der Waals surface area contributed by atoms with Crippen LogP contribution in [0.4, 0.5) is 4.79 Å². The van der Waals surface area contributed by atoms with E-state index in [0.717, 1.165) is 16.3 Å². The summed E-state index contributed by atoms with van der Waals surface area (Å²) in [6, 6.07) is 11.9. The maximum Gasteiger partial charge on any atom is 0.334 e. The van der Waals surface area contributed by atoms with Crippen LogP contribution in [0.2, 0.25) is 0 Å². The lowest BCUT2D eigenvalue weighted by Gasteiger charge is -2.28. The number of primary amides is 1. The van der Waals surface area contributed by atoms with Crippen LogP contribution in [-0.4, -0.2) is 58.3 Å². The van der Waals surface area contributed by atoms with Gasteiger partial charge in [0.2, 0.25) is 5.91 Å². The largest absolute Gasteiger partial charge is 0.479 e. The minimum absolute atomic E-state index is 0.0364. The van der Waals surface area contributed by atoms with Gasteiger partial charge in [-0.1, -0.05) is 56.3 Å².